The van der Waals surface area contributed by atoms with Crippen molar-refractivity contribution in [2.45, 2.75) is 25.7 Å². The van der Waals surface area contributed by atoms with Gasteiger partial charge < -0.3 is 5.32 Å². The number of H-pyrrole nitrogens is 1. The second kappa shape index (κ2) is 4.29. The maximum absolute atomic E-state index is 4.63. The summed E-state index contributed by atoms with van der Waals surface area (Å²) in [5, 5.41) is 15.6. The smallest absolute Gasteiger partial charge is 0.226 e. The first kappa shape index (κ1) is 11.4. The molecule has 0 atom stereocenters. The predicted octanol–water partition coefficient (Wildman–Crippen LogP) is 1.85. The van der Waals surface area contributed by atoms with Gasteiger partial charge in [-0.25, -0.2) is 4.68 Å². The van der Waals surface area contributed by atoms with E-state index in [0.717, 1.165) is 29.1 Å². The van der Waals surface area contributed by atoms with Crippen molar-refractivity contribution in [3.05, 3.63) is 24.2 Å². The Kier molecular flexibility index (Phi) is 2.45. The fourth-order valence-electron chi connectivity index (χ4n) is 2.28. The molecule has 0 spiro atoms. The summed E-state index contributed by atoms with van der Waals surface area (Å²) in [5.41, 5.74) is 1.86. The molecule has 3 aromatic rings. The van der Waals surface area contributed by atoms with E-state index >= 15 is 0 Å². The van der Waals surface area contributed by atoms with Gasteiger partial charge in [0, 0.05) is 18.7 Å². The number of aromatic nitrogens is 6. The predicted molar refractivity (Wildman–Crippen MR) is 74.9 cm³/mol. The summed E-state index contributed by atoms with van der Waals surface area (Å²) >= 11 is 0. The van der Waals surface area contributed by atoms with Crippen molar-refractivity contribution in [1.82, 2.24) is 29.9 Å². The molecule has 0 aliphatic heterocycles. The van der Waals surface area contributed by atoms with Crippen LogP contribution in [-0.4, -0.2) is 36.5 Å². The average Bonchev–Trinajstić information content (AvgIpc) is 3.01. The molecule has 0 saturated heterocycles. The van der Waals surface area contributed by atoms with Crippen molar-refractivity contribution in [2.75, 3.05) is 11.9 Å². The number of nitrogens with zero attached hydrogens (tertiary/aromatic N) is 5. The minimum atomic E-state index is 0.586. The highest BCUT2D eigenvalue weighted by Gasteiger charge is 2.26. The van der Waals surface area contributed by atoms with E-state index in [-0.39, 0.29) is 0 Å². The highest BCUT2D eigenvalue weighted by molar-refractivity contribution is 5.82. The van der Waals surface area contributed by atoms with Crippen LogP contribution in [0, 0.1) is 0 Å². The number of rotatable bonds is 4. The molecule has 2 N–H and O–H groups in total. The van der Waals surface area contributed by atoms with Crippen LogP contribution in [0.4, 0.5) is 5.95 Å². The van der Waals surface area contributed by atoms with Crippen LogP contribution in [0.15, 0.2) is 18.5 Å². The van der Waals surface area contributed by atoms with Gasteiger partial charge in [0.1, 0.15) is 0 Å². The van der Waals surface area contributed by atoms with E-state index in [9.17, 15) is 0 Å². The third-order valence-electron chi connectivity index (χ3n) is 3.45. The van der Waals surface area contributed by atoms with Gasteiger partial charge in [-0.1, -0.05) is 0 Å². The van der Waals surface area contributed by atoms with Crippen molar-refractivity contribution < 1.29 is 0 Å². The quantitative estimate of drug-likeness (QED) is 0.755. The lowest BCUT2D eigenvalue weighted by Gasteiger charge is -2.06. The van der Waals surface area contributed by atoms with Gasteiger partial charge in [-0.3, -0.25) is 5.10 Å². The molecule has 1 fully saturated rings. The molecule has 1 aliphatic rings. The van der Waals surface area contributed by atoms with Crippen LogP contribution in [0.25, 0.3) is 16.9 Å². The molecule has 0 unspecified atom stereocenters. The third kappa shape index (κ3) is 1.82. The average molecular weight is 269 g/mol. The molecular formula is C13H15N7. The number of nitrogens with one attached hydrogen (secondary N) is 2. The van der Waals surface area contributed by atoms with Gasteiger partial charge >= 0.3 is 0 Å². The van der Waals surface area contributed by atoms with E-state index in [4.69, 9.17) is 0 Å². The maximum atomic E-state index is 4.63. The Morgan fingerprint density at radius 2 is 2.30 bits per heavy atom. The largest absolute Gasteiger partial charge is 0.354 e. The van der Waals surface area contributed by atoms with E-state index in [1.807, 2.05) is 17.8 Å². The Hall–Kier alpha value is -2.44. The minimum absolute atomic E-state index is 0.586. The standard InChI is InChI=1S/C13H15N7/c1-2-14-13-16-11-9(7-15-18-11)12(17-13)20-6-5-10(19-20)8-3-4-8/h5-8H,2-4H2,1H3,(H2,14,15,16,17,18). The first-order chi connectivity index (χ1) is 9.85. The zero-order valence-electron chi connectivity index (χ0n) is 11.2. The summed E-state index contributed by atoms with van der Waals surface area (Å²) in [7, 11) is 0. The highest BCUT2D eigenvalue weighted by atomic mass is 15.3. The normalized spacial score (nSPS) is 14.8. The van der Waals surface area contributed by atoms with Crippen LogP contribution >= 0.6 is 0 Å². The van der Waals surface area contributed by atoms with Crippen LogP contribution in [-0.2, 0) is 0 Å². The van der Waals surface area contributed by atoms with Crippen LogP contribution < -0.4 is 5.32 Å². The van der Waals surface area contributed by atoms with Crippen molar-refractivity contribution in [2.24, 2.45) is 0 Å². The van der Waals surface area contributed by atoms with Crippen molar-refractivity contribution in [3.8, 4) is 5.82 Å². The molecule has 20 heavy (non-hydrogen) atoms. The molecule has 3 aromatic heterocycles. The summed E-state index contributed by atoms with van der Waals surface area (Å²) in [5.74, 6) is 1.97. The van der Waals surface area contributed by atoms with Gasteiger partial charge in [0.25, 0.3) is 0 Å². The zero-order chi connectivity index (χ0) is 13.5. The molecule has 0 amide bonds. The number of anilines is 1. The van der Waals surface area contributed by atoms with Crippen LogP contribution in [0.5, 0.6) is 0 Å². The van der Waals surface area contributed by atoms with Gasteiger partial charge in [-0.15, -0.1) is 0 Å². The third-order valence-corrected chi connectivity index (χ3v) is 3.45. The fourth-order valence-corrected chi connectivity index (χ4v) is 2.28. The molecule has 0 radical (unpaired) electrons. The van der Waals surface area contributed by atoms with E-state index in [0.29, 0.717) is 11.9 Å². The topological polar surface area (TPSA) is 84.3 Å². The molecule has 1 saturated carbocycles. The molecule has 1 aliphatic carbocycles. The molecule has 7 nitrogen and oxygen atoms in total. The van der Waals surface area contributed by atoms with E-state index in [1.165, 1.54) is 12.8 Å². The van der Waals surface area contributed by atoms with Gasteiger partial charge in [-0.05, 0) is 25.8 Å². The number of hydrogen-bond donors (Lipinski definition) is 2. The lowest BCUT2D eigenvalue weighted by atomic mass is 10.3. The molecule has 4 rings (SSSR count). The molecule has 0 aromatic carbocycles. The summed E-state index contributed by atoms with van der Waals surface area (Å²) < 4.78 is 1.81. The Morgan fingerprint density at radius 3 is 3.10 bits per heavy atom. The van der Waals surface area contributed by atoms with Crippen molar-refractivity contribution in [1.29, 1.82) is 0 Å². The van der Waals surface area contributed by atoms with Crippen LogP contribution in [0.1, 0.15) is 31.4 Å². The molecule has 102 valence electrons. The van der Waals surface area contributed by atoms with E-state index < -0.39 is 0 Å². The number of fused-ring (bicyclic) bond motifs is 1. The monoisotopic (exact) mass is 269 g/mol. The Balaban J connectivity index is 1.84. The second-order valence-electron chi connectivity index (χ2n) is 4.99. The number of hydrogen-bond acceptors (Lipinski definition) is 5. The molecule has 0 bridgehead atoms. The van der Waals surface area contributed by atoms with Crippen molar-refractivity contribution in [3.63, 3.8) is 0 Å². The SMILES string of the molecule is CCNc1nc(-n2ccc(C3CC3)n2)c2cn[nH]c2n1. The first-order valence-electron chi connectivity index (χ1n) is 6.86. The van der Waals surface area contributed by atoms with E-state index in [2.05, 4.69) is 36.6 Å². The summed E-state index contributed by atoms with van der Waals surface area (Å²) in [4.78, 5) is 8.93. The maximum Gasteiger partial charge on any atom is 0.226 e. The minimum Gasteiger partial charge on any atom is -0.354 e. The van der Waals surface area contributed by atoms with Gasteiger partial charge in [-0.2, -0.15) is 20.2 Å². The van der Waals surface area contributed by atoms with Crippen molar-refractivity contribution >= 4 is 17.0 Å². The summed E-state index contributed by atoms with van der Waals surface area (Å²) in [6.45, 7) is 2.78. The Morgan fingerprint density at radius 1 is 1.40 bits per heavy atom. The first-order valence-corrected chi connectivity index (χ1v) is 6.86. The van der Waals surface area contributed by atoms with Gasteiger partial charge in [0.05, 0.1) is 17.3 Å². The highest BCUT2D eigenvalue weighted by Crippen LogP contribution is 2.39. The Labute approximate surface area is 115 Å². The van der Waals surface area contributed by atoms with Crippen LogP contribution in [0.3, 0.4) is 0 Å². The van der Waals surface area contributed by atoms with Gasteiger partial charge in [0.2, 0.25) is 5.95 Å². The van der Waals surface area contributed by atoms with Crippen LogP contribution in [0.2, 0.25) is 0 Å². The fraction of sp³-hybridized carbons (Fsp3) is 0.385. The summed E-state index contributed by atoms with van der Waals surface area (Å²) in [6.07, 6.45) is 6.17. The molecule has 7 heteroatoms. The summed E-state index contributed by atoms with van der Waals surface area (Å²) in [6, 6.07) is 2.07. The molecule has 3 heterocycles. The number of aromatic amines is 1. The zero-order valence-corrected chi connectivity index (χ0v) is 11.2. The van der Waals surface area contributed by atoms with E-state index in [1.54, 1.807) is 6.20 Å². The Bertz CT molecular complexity index is 753. The molecular weight excluding hydrogens is 254 g/mol. The lowest BCUT2D eigenvalue weighted by Crippen LogP contribution is -2.07. The lowest BCUT2D eigenvalue weighted by molar-refractivity contribution is 0.816. The van der Waals surface area contributed by atoms with Gasteiger partial charge in [0.15, 0.2) is 11.5 Å². The second-order valence-corrected chi connectivity index (χ2v) is 4.99.